The highest BCUT2D eigenvalue weighted by atomic mass is 32.1. The molecule has 4 rings (SSSR count). The van der Waals surface area contributed by atoms with Gasteiger partial charge in [0, 0.05) is 25.4 Å². The van der Waals surface area contributed by atoms with Gasteiger partial charge in [0.2, 0.25) is 5.95 Å². The molecule has 11 heteroatoms. The fraction of sp³-hybridized carbons (Fsp3) is 0.409. The standard InChI is InChI=1S/C22H23F3N6OS/c1-12-7-27-21(28-8-12)29-10-17-13(2)6-22(24,25)11-31(17)20(32)18-19(33-14(3)30-18)16-5-4-15(23)9-26-16/h4-5,7-9,13,17H,6,10-11H2,1-3H3,(H,27,28,29)/t13-,17?/m1/s1. The molecule has 0 saturated carbocycles. The molecular weight excluding hydrogens is 453 g/mol. The maximum absolute atomic E-state index is 14.5. The Morgan fingerprint density at radius 3 is 2.61 bits per heavy atom. The van der Waals surface area contributed by atoms with Crippen molar-refractivity contribution in [3.05, 3.63) is 52.8 Å². The minimum Gasteiger partial charge on any atom is -0.352 e. The van der Waals surface area contributed by atoms with Gasteiger partial charge in [-0.25, -0.2) is 28.1 Å². The van der Waals surface area contributed by atoms with Crippen LogP contribution in [0, 0.1) is 25.6 Å². The molecule has 3 aromatic rings. The number of nitrogens with one attached hydrogen (secondary N) is 1. The zero-order valence-corrected chi connectivity index (χ0v) is 19.2. The highest BCUT2D eigenvalue weighted by molar-refractivity contribution is 7.15. The number of rotatable bonds is 5. The predicted molar refractivity (Wildman–Crippen MR) is 119 cm³/mol. The van der Waals surface area contributed by atoms with Gasteiger partial charge in [-0.15, -0.1) is 11.3 Å². The monoisotopic (exact) mass is 476 g/mol. The van der Waals surface area contributed by atoms with E-state index in [4.69, 9.17) is 0 Å². The van der Waals surface area contributed by atoms with Crippen LogP contribution in [0.5, 0.6) is 0 Å². The van der Waals surface area contributed by atoms with E-state index in [0.29, 0.717) is 21.5 Å². The van der Waals surface area contributed by atoms with Crippen molar-refractivity contribution in [2.75, 3.05) is 18.4 Å². The van der Waals surface area contributed by atoms with Crippen LogP contribution in [-0.2, 0) is 0 Å². The second-order valence-electron chi connectivity index (χ2n) is 8.27. The molecule has 4 heterocycles. The van der Waals surface area contributed by atoms with Crippen LogP contribution < -0.4 is 5.32 Å². The summed E-state index contributed by atoms with van der Waals surface area (Å²) in [6.07, 6.45) is 4.01. The number of amides is 1. The van der Waals surface area contributed by atoms with Crippen molar-refractivity contribution in [2.24, 2.45) is 5.92 Å². The molecule has 0 aliphatic carbocycles. The third-order valence-electron chi connectivity index (χ3n) is 5.49. The molecule has 0 spiro atoms. The van der Waals surface area contributed by atoms with E-state index in [1.54, 1.807) is 26.2 Å². The van der Waals surface area contributed by atoms with E-state index >= 15 is 0 Å². The highest BCUT2D eigenvalue weighted by Gasteiger charge is 2.46. The van der Waals surface area contributed by atoms with Gasteiger partial charge in [0.25, 0.3) is 11.8 Å². The Labute approximate surface area is 193 Å². The second-order valence-corrected chi connectivity index (χ2v) is 9.48. The van der Waals surface area contributed by atoms with Crippen LogP contribution in [0.2, 0.25) is 0 Å². The van der Waals surface area contributed by atoms with Crippen molar-refractivity contribution in [2.45, 2.75) is 39.2 Å². The molecule has 1 N–H and O–H groups in total. The lowest BCUT2D eigenvalue weighted by Gasteiger charge is -2.43. The summed E-state index contributed by atoms with van der Waals surface area (Å²) in [6, 6.07) is 2.15. The Bertz CT molecular complexity index is 1140. The molecule has 33 heavy (non-hydrogen) atoms. The SMILES string of the molecule is Cc1cnc(NCC2[C@H](C)CC(F)(F)CN2C(=O)c2nc(C)sc2-c2ccc(F)cn2)nc1. The van der Waals surface area contributed by atoms with Crippen LogP contribution in [0.4, 0.5) is 19.1 Å². The molecule has 3 aromatic heterocycles. The maximum atomic E-state index is 14.5. The van der Waals surface area contributed by atoms with Crippen LogP contribution in [0.15, 0.2) is 30.7 Å². The summed E-state index contributed by atoms with van der Waals surface area (Å²) in [7, 11) is 0. The Morgan fingerprint density at radius 2 is 1.94 bits per heavy atom. The minimum absolute atomic E-state index is 0.0399. The van der Waals surface area contributed by atoms with Gasteiger partial charge in [-0.2, -0.15) is 0 Å². The van der Waals surface area contributed by atoms with Gasteiger partial charge in [-0.05, 0) is 37.5 Å². The number of thiazole rings is 1. The van der Waals surface area contributed by atoms with Gasteiger partial charge in [0.05, 0.1) is 34.4 Å². The van der Waals surface area contributed by atoms with Crippen molar-refractivity contribution in [3.63, 3.8) is 0 Å². The van der Waals surface area contributed by atoms with E-state index in [1.807, 2.05) is 6.92 Å². The lowest BCUT2D eigenvalue weighted by atomic mass is 9.88. The number of piperidine rings is 1. The molecular formula is C22H23F3N6OS. The predicted octanol–water partition coefficient (Wildman–Crippen LogP) is 4.35. The average molecular weight is 477 g/mol. The molecule has 0 radical (unpaired) electrons. The van der Waals surface area contributed by atoms with E-state index in [-0.39, 0.29) is 18.7 Å². The number of likely N-dealkylation sites (tertiary alicyclic amines) is 1. The normalized spacial score (nSPS) is 20.0. The van der Waals surface area contributed by atoms with E-state index in [0.717, 1.165) is 11.8 Å². The van der Waals surface area contributed by atoms with E-state index in [1.165, 1.54) is 28.4 Å². The van der Waals surface area contributed by atoms with Crippen molar-refractivity contribution in [3.8, 4) is 10.6 Å². The van der Waals surface area contributed by atoms with Crippen LogP contribution in [0.1, 0.15) is 34.4 Å². The van der Waals surface area contributed by atoms with Crippen molar-refractivity contribution in [1.29, 1.82) is 0 Å². The first-order chi connectivity index (χ1) is 15.6. The largest absolute Gasteiger partial charge is 0.352 e. The Kier molecular flexibility index (Phi) is 6.33. The first-order valence-corrected chi connectivity index (χ1v) is 11.3. The number of aromatic nitrogens is 4. The topological polar surface area (TPSA) is 83.9 Å². The highest BCUT2D eigenvalue weighted by Crippen LogP contribution is 2.37. The fourth-order valence-corrected chi connectivity index (χ4v) is 4.84. The third-order valence-corrected chi connectivity index (χ3v) is 6.48. The van der Waals surface area contributed by atoms with Crippen LogP contribution in [0.25, 0.3) is 10.6 Å². The molecule has 0 bridgehead atoms. The van der Waals surface area contributed by atoms with Gasteiger partial charge in [0.15, 0.2) is 0 Å². The lowest BCUT2D eigenvalue weighted by Crippen LogP contribution is -2.57. The van der Waals surface area contributed by atoms with Crippen molar-refractivity contribution >= 4 is 23.2 Å². The van der Waals surface area contributed by atoms with Gasteiger partial charge >= 0.3 is 0 Å². The molecule has 1 fully saturated rings. The summed E-state index contributed by atoms with van der Waals surface area (Å²) in [6.45, 7) is 4.77. The van der Waals surface area contributed by atoms with Crippen LogP contribution in [0.3, 0.4) is 0 Å². The first-order valence-electron chi connectivity index (χ1n) is 10.4. The van der Waals surface area contributed by atoms with E-state index in [9.17, 15) is 18.0 Å². The summed E-state index contributed by atoms with van der Waals surface area (Å²) >= 11 is 1.21. The summed E-state index contributed by atoms with van der Waals surface area (Å²) in [5.74, 6) is -4.27. The van der Waals surface area contributed by atoms with E-state index in [2.05, 4.69) is 25.3 Å². The molecule has 7 nitrogen and oxygen atoms in total. The molecule has 1 aliphatic rings. The smallest absolute Gasteiger partial charge is 0.274 e. The fourth-order valence-electron chi connectivity index (χ4n) is 3.95. The second kappa shape index (κ2) is 9.05. The van der Waals surface area contributed by atoms with Crippen LogP contribution in [-0.4, -0.2) is 55.8 Å². The molecule has 174 valence electrons. The molecule has 2 atom stereocenters. The zero-order valence-electron chi connectivity index (χ0n) is 18.3. The number of halogens is 3. The Hall–Kier alpha value is -3.08. The number of hydrogen-bond acceptors (Lipinski definition) is 7. The average Bonchev–Trinajstić information content (AvgIpc) is 3.15. The van der Waals surface area contributed by atoms with Gasteiger partial charge in [-0.3, -0.25) is 9.78 Å². The zero-order chi connectivity index (χ0) is 23.8. The third kappa shape index (κ3) is 5.13. The van der Waals surface area contributed by atoms with Gasteiger partial charge in [-0.1, -0.05) is 6.92 Å². The summed E-state index contributed by atoms with van der Waals surface area (Å²) in [5.41, 5.74) is 1.30. The maximum Gasteiger partial charge on any atom is 0.274 e. The van der Waals surface area contributed by atoms with E-state index < -0.39 is 36.2 Å². The number of anilines is 1. The van der Waals surface area contributed by atoms with Gasteiger partial charge < -0.3 is 10.2 Å². The number of nitrogens with zero attached hydrogens (tertiary/aromatic N) is 5. The summed E-state index contributed by atoms with van der Waals surface area (Å²) in [4.78, 5) is 31.9. The first kappa shape index (κ1) is 23.1. The Morgan fingerprint density at radius 1 is 1.21 bits per heavy atom. The Balaban J connectivity index is 1.64. The number of alkyl halides is 2. The number of pyridine rings is 1. The number of aryl methyl sites for hydroxylation is 2. The van der Waals surface area contributed by atoms with Gasteiger partial charge in [0.1, 0.15) is 11.5 Å². The number of hydrogen-bond donors (Lipinski definition) is 1. The minimum atomic E-state index is -3.02. The molecule has 0 aromatic carbocycles. The van der Waals surface area contributed by atoms with Crippen molar-refractivity contribution < 1.29 is 18.0 Å². The summed E-state index contributed by atoms with van der Waals surface area (Å²) < 4.78 is 42.4. The molecule has 1 saturated heterocycles. The van der Waals surface area contributed by atoms with Crippen molar-refractivity contribution in [1.82, 2.24) is 24.8 Å². The lowest BCUT2D eigenvalue weighted by molar-refractivity contribution is -0.0898. The summed E-state index contributed by atoms with van der Waals surface area (Å²) in [5, 5.41) is 3.64. The molecule has 1 aliphatic heterocycles. The molecule has 1 amide bonds. The number of carbonyl (C=O) groups excluding carboxylic acids is 1. The quantitative estimate of drug-likeness (QED) is 0.590. The van der Waals surface area contributed by atoms with Crippen LogP contribution >= 0.6 is 11.3 Å². The molecule has 1 unspecified atom stereocenters. The number of carbonyl (C=O) groups is 1.